The van der Waals surface area contributed by atoms with Gasteiger partial charge in [-0.1, -0.05) is 18.2 Å². The van der Waals surface area contributed by atoms with Gasteiger partial charge in [-0.15, -0.1) is 0 Å². The van der Waals surface area contributed by atoms with Crippen molar-refractivity contribution in [3.05, 3.63) is 30.3 Å². The molecule has 0 spiro atoms. The number of anilines is 1. The monoisotopic (exact) mass is 284 g/mol. The van der Waals surface area contributed by atoms with Gasteiger partial charge in [-0.3, -0.25) is 9.99 Å². The molecule has 6 heteroatoms. The van der Waals surface area contributed by atoms with Gasteiger partial charge in [0.15, 0.2) is 0 Å². The molecule has 1 aromatic rings. The van der Waals surface area contributed by atoms with E-state index in [2.05, 4.69) is 10.5 Å². The van der Waals surface area contributed by atoms with Crippen LogP contribution in [0.5, 0.6) is 0 Å². The lowest BCUT2D eigenvalue weighted by molar-refractivity contribution is 0.223. The maximum Gasteiger partial charge on any atom is 0.336 e. The fourth-order valence-corrected chi connectivity index (χ4v) is 3.19. The number of nitrogens with zero attached hydrogens (tertiary/aromatic N) is 1. The van der Waals surface area contributed by atoms with Gasteiger partial charge in [0.2, 0.25) is 0 Å². The summed E-state index contributed by atoms with van der Waals surface area (Å²) in [6.45, 7) is 6.09. The van der Waals surface area contributed by atoms with E-state index in [1.54, 1.807) is 20.8 Å². The maximum absolute atomic E-state index is 12.3. The fraction of sp³-hybridized carbons (Fsp3) is 0.462. The molecule has 1 N–H and O–H groups in total. The molecule has 1 aromatic carbocycles. The van der Waals surface area contributed by atoms with Crippen molar-refractivity contribution in [2.75, 3.05) is 24.8 Å². The van der Waals surface area contributed by atoms with Crippen LogP contribution >= 0.6 is 7.60 Å². The second-order valence-corrected chi connectivity index (χ2v) is 5.98. The number of benzene rings is 1. The fourth-order valence-electron chi connectivity index (χ4n) is 1.51. The smallest absolute Gasteiger partial charge is 0.309 e. The first-order valence-electron chi connectivity index (χ1n) is 6.32. The van der Waals surface area contributed by atoms with Gasteiger partial charge < -0.3 is 9.05 Å². The molecule has 0 bridgehead atoms. The predicted octanol–water partition coefficient (Wildman–Crippen LogP) is 3.74. The van der Waals surface area contributed by atoms with Gasteiger partial charge in [0.1, 0.15) is 0 Å². The molecular weight excluding hydrogens is 263 g/mol. The zero-order valence-electron chi connectivity index (χ0n) is 11.6. The van der Waals surface area contributed by atoms with E-state index < -0.39 is 7.60 Å². The largest absolute Gasteiger partial charge is 0.336 e. The molecule has 19 heavy (non-hydrogen) atoms. The first-order valence-corrected chi connectivity index (χ1v) is 8.04. The highest BCUT2D eigenvalue weighted by molar-refractivity contribution is 7.54. The summed E-state index contributed by atoms with van der Waals surface area (Å²) in [5.74, 6) is 0. The molecule has 0 saturated carbocycles. The number of hydrogen-bond donors (Lipinski definition) is 1. The van der Waals surface area contributed by atoms with Crippen LogP contribution in [-0.4, -0.2) is 25.1 Å². The minimum atomic E-state index is -3.07. The standard InChI is InChI=1S/C13H21N2O3P/c1-4-17-19(16,18-5-2)11-12(3)14-15-13-9-7-6-8-10-13/h6-10,15H,4-5,11H2,1-3H3/b14-12+. The highest BCUT2D eigenvalue weighted by Crippen LogP contribution is 2.47. The van der Waals surface area contributed by atoms with Gasteiger partial charge in [0.05, 0.1) is 25.1 Å². The van der Waals surface area contributed by atoms with E-state index in [-0.39, 0.29) is 6.16 Å². The number of nitrogens with one attached hydrogen (secondary N) is 1. The molecule has 0 radical (unpaired) electrons. The average molecular weight is 284 g/mol. The van der Waals surface area contributed by atoms with Gasteiger partial charge in [0.25, 0.3) is 0 Å². The normalized spacial score (nSPS) is 12.5. The third kappa shape index (κ3) is 6.01. The summed E-state index contributed by atoms with van der Waals surface area (Å²) in [6.07, 6.45) is 0.189. The molecule has 0 aromatic heterocycles. The van der Waals surface area contributed by atoms with Crippen LogP contribution in [0.15, 0.2) is 35.4 Å². The van der Waals surface area contributed by atoms with E-state index in [1.807, 2.05) is 30.3 Å². The van der Waals surface area contributed by atoms with Crippen LogP contribution in [0.1, 0.15) is 20.8 Å². The topological polar surface area (TPSA) is 59.9 Å². The van der Waals surface area contributed by atoms with Crippen molar-refractivity contribution in [2.45, 2.75) is 20.8 Å². The van der Waals surface area contributed by atoms with Gasteiger partial charge in [-0.2, -0.15) is 5.10 Å². The number of hydrogen-bond acceptors (Lipinski definition) is 5. The SMILES string of the molecule is CCOP(=O)(C/C(C)=N/Nc1ccccc1)OCC. The molecule has 0 aliphatic heterocycles. The quantitative estimate of drug-likeness (QED) is 0.449. The van der Waals surface area contributed by atoms with Crippen molar-refractivity contribution in [1.29, 1.82) is 0 Å². The Morgan fingerprint density at radius 2 is 1.79 bits per heavy atom. The second-order valence-electron chi connectivity index (χ2n) is 3.93. The van der Waals surface area contributed by atoms with Gasteiger partial charge >= 0.3 is 7.60 Å². The van der Waals surface area contributed by atoms with Crippen LogP contribution in [0.25, 0.3) is 0 Å². The molecule has 0 heterocycles. The van der Waals surface area contributed by atoms with Crippen molar-refractivity contribution in [2.24, 2.45) is 5.10 Å². The molecule has 0 aliphatic carbocycles. The highest BCUT2D eigenvalue weighted by atomic mass is 31.2. The molecule has 0 saturated heterocycles. The summed E-state index contributed by atoms with van der Waals surface area (Å²) in [6, 6.07) is 9.57. The lowest BCUT2D eigenvalue weighted by Crippen LogP contribution is -2.08. The predicted molar refractivity (Wildman–Crippen MR) is 78.9 cm³/mol. The number of hydrazone groups is 1. The minimum Gasteiger partial charge on any atom is -0.309 e. The summed E-state index contributed by atoms with van der Waals surface area (Å²) >= 11 is 0. The first kappa shape index (κ1) is 15.9. The second kappa shape index (κ2) is 8.10. The molecule has 5 nitrogen and oxygen atoms in total. The van der Waals surface area contributed by atoms with Crippen molar-refractivity contribution in [3.63, 3.8) is 0 Å². The minimum absolute atomic E-state index is 0.189. The Balaban J connectivity index is 2.61. The van der Waals surface area contributed by atoms with E-state index in [1.165, 1.54) is 0 Å². The van der Waals surface area contributed by atoms with Crippen molar-refractivity contribution in [3.8, 4) is 0 Å². The molecule has 0 atom stereocenters. The van der Waals surface area contributed by atoms with Gasteiger partial charge in [0, 0.05) is 5.71 Å². The average Bonchev–Trinajstić information content (AvgIpc) is 2.38. The Morgan fingerprint density at radius 1 is 1.21 bits per heavy atom. The third-order valence-electron chi connectivity index (χ3n) is 2.22. The van der Waals surface area contributed by atoms with Crippen LogP contribution in [0.3, 0.4) is 0 Å². The van der Waals surface area contributed by atoms with Crippen LogP contribution in [0, 0.1) is 0 Å². The Kier molecular flexibility index (Phi) is 6.78. The molecule has 1 rings (SSSR count). The summed E-state index contributed by atoms with van der Waals surface area (Å²) in [5.41, 5.74) is 4.46. The highest BCUT2D eigenvalue weighted by Gasteiger charge is 2.24. The van der Waals surface area contributed by atoms with Gasteiger partial charge in [-0.25, -0.2) is 0 Å². The first-order chi connectivity index (χ1) is 9.09. The van der Waals surface area contributed by atoms with Crippen molar-refractivity contribution < 1.29 is 13.6 Å². The summed E-state index contributed by atoms with van der Waals surface area (Å²) in [5, 5.41) is 4.18. The van der Waals surface area contributed by atoms with Crippen molar-refractivity contribution >= 4 is 19.0 Å². The number of rotatable bonds is 8. The van der Waals surface area contributed by atoms with E-state index in [9.17, 15) is 4.57 Å². The molecule has 0 aliphatic rings. The van der Waals surface area contributed by atoms with Crippen LogP contribution < -0.4 is 5.43 Å². The van der Waals surface area contributed by atoms with Crippen LogP contribution in [0.2, 0.25) is 0 Å². The Labute approximate surface area is 114 Å². The molecule has 0 amide bonds. The molecular formula is C13H21N2O3P. The van der Waals surface area contributed by atoms with E-state index >= 15 is 0 Å². The lowest BCUT2D eigenvalue weighted by atomic mass is 10.3. The van der Waals surface area contributed by atoms with E-state index in [0.29, 0.717) is 18.9 Å². The molecule has 0 fully saturated rings. The molecule has 106 valence electrons. The van der Waals surface area contributed by atoms with Crippen LogP contribution in [-0.2, 0) is 13.6 Å². The Hall–Kier alpha value is -1.16. The lowest BCUT2D eigenvalue weighted by Gasteiger charge is -2.16. The Morgan fingerprint density at radius 3 is 2.32 bits per heavy atom. The van der Waals surface area contributed by atoms with Crippen molar-refractivity contribution in [1.82, 2.24) is 0 Å². The van der Waals surface area contributed by atoms with E-state index in [4.69, 9.17) is 9.05 Å². The Bertz CT molecular complexity index is 438. The zero-order valence-corrected chi connectivity index (χ0v) is 12.5. The van der Waals surface area contributed by atoms with E-state index in [0.717, 1.165) is 5.69 Å². The summed E-state index contributed by atoms with van der Waals surface area (Å²) in [7, 11) is -3.07. The van der Waals surface area contributed by atoms with Gasteiger partial charge in [-0.05, 0) is 32.9 Å². The number of para-hydroxylation sites is 1. The summed E-state index contributed by atoms with van der Waals surface area (Å²) in [4.78, 5) is 0. The summed E-state index contributed by atoms with van der Waals surface area (Å²) < 4.78 is 22.7. The zero-order chi connectivity index (χ0) is 14.1. The maximum atomic E-state index is 12.3. The molecule has 0 unspecified atom stereocenters. The van der Waals surface area contributed by atoms with Crippen LogP contribution in [0.4, 0.5) is 5.69 Å². The third-order valence-corrected chi connectivity index (χ3v) is 4.37.